The Balaban J connectivity index is 2.17. The van der Waals surface area contributed by atoms with Crippen LogP contribution < -0.4 is 10.5 Å². The number of ether oxygens (including phenoxy) is 1. The summed E-state index contributed by atoms with van der Waals surface area (Å²) in [6, 6.07) is 5.30. The van der Waals surface area contributed by atoms with Gasteiger partial charge >= 0.3 is 6.03 Å². The molecule has 96 valence electrons. The van der Waals surface area contributed by atoms with E-state index in [1.807, 2.05) is 24.4 Å². The van der Waals surface area contributed by atoms with Crippen LogP contribution in [0.15, 0.2) is 24.4 Å². The zero-order valence-corrected chi connectivity index (χ0v) is 10.9. The number of rotatable bonds is 4. The summed E-state index contributed by atoms with van der Waals surface area (Å²) in [7, 11) is 1.64. The molecule has 1 heterocycles. The number of carbonyl (C=O) groups excluding carboxylic acids is 1. The van der Waals surface area contributed by atoms with Crippen LogP contribution in [0.4, 0.5) is 4.79 Å². The van der Waals surface area contributed by atoms with Gasteiger partial charge in [0.05, 0.1) is 7.11 Å². The topological polar surface area (TPSA) is 71.3 Å². The minimum absolute atomic E-state index is 0.470. The number of nitrogens with two attached hydrogens (primary N) is 1. The Morgan fingerprint density at radius 3 is 3.00 bits per heavy atom. The Bertz CT molecular complexity index is 567. The van der Waals surface area contributed by atoms with Crippen molar-refractivity contribution >= 4 is 29.7 Å². The Labute approximate surface area is 110 Å². The quantitative estimate of drug-likeness (QED) is 0.739. The molecule has 0 unspecified atom stereocenters. The van der Waals surface area contributed by atoms with Crippen molar-refractivity contribution in [2.24, 2.45) is 5.73 Å². The first-order chi connectivity index (χ1) is 8.61. The van der Waals surface area contributed by atoms with Crippen molar-refractivity contribution in [2.75, 3.05) is 13.7 Å². The third-order valence-electron chi connectivity index (χ3n) is 2.82. The van der Waals surface area contributed by atoms with Crippen LogP contribution in [0.2, 0.25) is 0 Å². The molecule has 3 N–H and O–H groups in total. The van der Waals surface area contributed by atoms with Gasteiger partial charge in [-0.3, -0.25) is 4.31 Å². The Kier molecular flexibility index (Phi) is 3.66. The van der Waals surface area contributed by atoms with E-state index in [1.165, 1.54) is 4.31 Å². The molecule has 0 aliphatic heterocycles. The van der Waals surface area contributed by atoms with Crippen LogP contribution in [-0.2, 0) is 6.42 Å². The summed E-state index contributed by atoms with van der Waals surface area (Å²) in [5.74, 6) is 0.809. The van der Waals surface area contributed by atoms with Crippen molar-refractivity contribution in [3.8, 4) is 5.75 Å². The van der Waals surface area contributed by atoms with E-state index in [1.54, 1.807) is 7.11 Å². The van der Waals surface area contributed by atoms with Gasteiger partial charge in [0.25, 0.3) is 0 Å². The van der Waals surface area contributed by atoms with Crippen LogP contribution in [-0.4, -0.2) is 29.0 Å². The lowest BCUT2D eigenvalue weighted by Gasteiger charge is -2.11. The molecule has 0 aliphatic carbocycles. The molecule has 0 saturated carbocycles. The highest BCUT2D eigenvalue weighted by molar-refractivity contribution is 7.78. The number of thiol groups is 1. The molecule has 5 nitrogen and oxygen atoms in total. The molecule has 1 aromatic heterocycles. The molecule has 0 spiro atoms. The van der Waals surface area contributed by atoms with Crippen LogP contribution in [0, 0.1) is 0 Å². The third-order valence-corrected chi connectivity index (χ3v) is 3.22. The van der Waals surface area contributed by atoms with Crippen LogP contribution in [0.3, 0.4) is 0 Å². The minimum Gasteiger partial charge on any atom is -0.497 e. The van der Waals surface area contributed by atoms with Gasteiger partial charge in [0.2, 0.25) is 0 Å². The predicted molar refractivity (Wildman–Crippen MR) is 73.8 cm³/mol. The third kappa shape index (κ3) is 2.53. The smallest absolute Gasteiger partial charge is 0.324 e. The van der Waals surface area contributed by atoms with Gasteiger partial charge < -0.3 is 15.5 Å². The van der Waals surface area contributed by atoms with Gasteiger partial charge in [-0.25, -0.2) is 4.79 Å². The maximum absolute atomic E-state index is 10.9. The zero-order chi connectivity index (χ0) is 13.1. The maximum Gasteiger partial charge on any atom is 0.324 e. The van der Waals surface area contributed by atoms with E-state index in [-0.39, 0.29) is 0 Å². The van der Waals surface area contributed by atoms with Crippen LogP contribution in [0.25, 0.3) is 10.9 Å². The lowest BCUT2D eigenvalue weighted by Crippen LogP contribution is -2.29. The monoisotopic (exact) mass is 265 g/mol. The van der Waals surface area contributed by atoms with Gasteiger partial charge in [-0.2, -0.15) is 0 Å². The molecule has 6 heteroatoms. The molecule has 0 bridgehead atoms. The molecule has 2 rings (SSSR count). The molecular formula is C12H15N3O2S. The molecule has 0 aliphatic rings. The Morgan fingerprint density at radius 1 is 1.56 bits per heavy atom. The van der Waals surface area contributed by atoms with Crippen molar-refractivity contribution in [1.29, 1.82) is 0 Å². The first-order valence-electron chi connectivity index (χ1n) is 5.51. The first kappa shape index (κ1) is 12.6. The molecule has 0 fully saturated rings. The Morgan fingerprint density at radius 2 is 2.33 bits per heavy atom. The van der Waals surface area contributed by atoms with Crippen molar-refractivity contribution < 1.29 is 9.53 Å². The Hall–Kier alpha value is -1.82. The number of carbonyl (C=O) groups is 1. The molecule has 2 aromatic rings. The number of urea groups is 1. The van der Waals surface area contributed by atoms with E-state index in [4.69, 9.17) is 10.5 Å². The number of hydrogen-bond acceptors (Lipinski definition) is 3. The second kappa shape index (κ2) is 5.22. The second-order valence-corrected chi connectivity index (χ2v) is 4.42. The SMILES string of the molecule is COc1ccc2c(CCN(S)C(N)=O)c[nH]c2c1. The molecule has 0 radical (unpaired) electrons. The van der Waals surface area contributed by atoms with Crippen molar-refractivity contribution in [3.05, 3.63) is 30.0 Å². The molecule has 0 saturated heterocycles. The largest absolute Gasteiger partial charge is 0.497 e. The highest BCUT2D eigenvalue weighted by Crippen LogP contribution is 2.23. The van der Waals surface area contributed by atoms with Crippen molar-refractivity contribution in [1.82, 2.24) is 9.29 Å². The van der Waals surface area contributed by atoms with E-state index in [0.29, 0.717) is 13.0 Å². The summed E-state index contributed by atoms with van der Waals surface area (Å²) in [6.07, 6.45) is 2.62. The van der Waals surface area contributed by atoms with Crippen LogP contribution >= 0.6 is 12.8 Å². The van der Waals surface area contributed by atoms with Gasteiger partial charge in [0.15, 0.2) is 0 Å². The second-order valence-electron chi connectivity index (χ2n) is 3.94. The van der Waals surface area contributed by atoms with Crippen molar-refractivity contribution in [2.45, 2.75) is 6.42 Å². The summed E-state index contributed by atoms with van der Waals surface area (Å²) >= 11 is 3.99. The van der Waals surface area contributed by atoms with Crippen LogP contribution in [0.5, 0.6) is 5.75 Å². The highest BCUT2D eigenvalue weighted by Gasteiger charge is 2.08. The van der Waals surface area contributed by atoms with Gasteiger partial charge in [-0.05, 0) is 24.1 Å². The molecular weight excluding hydrogens is 250 g/mol. The number of nitrogens with one attached hydrogen (secondary N) is 1. The number of benzene rings is 1. The summed E-state index contributed by atoms with van der Waals surface area (Å²) < 4.78 is 6.36. The average Bonchev–Trinajstić information content (AvgIpc) is 2.77. The van der Waals surface area contributed by atoms with Crippen LogP contribution in [0.1, 0.15) is 5.56 Å². The average molecular weight is 265 g/mol. The number of primary amides is 1. The lowest BCUT2D eigenvalue weighted by molar-refractivity contribution is 0.235. The standard InChI is InChI=1S/C12H15N3O2S/c1-17-9-2-3-10-8(7-14-11(10)6-9)4-5-15(18)12(13)16/h2-3,6-7,14,18H,4-5H2,1H3,(H2,13,16). The number of aromatic amines is 1. The fraction of sp³-hybridized carbons (Fsp3) is 0.250. The summed E-state index contributed by atoms with van der Waals surface area (Å²) in [4.78, 5) is 14.0. The van der Waals surface area contributed by atoms with E-state index in [0.717, 1.165) is 22.2 Å². The number of amides is 2. The lowest BCUT2D eigenvalue weighted by atomic mass is 10.1. The molecule has 2 amide bonds. The van der Waals surface area contributed by atoms with Gasteiger partial charge in [0.1, 0.15) is 5.75 Å². The van der Waals surface area contributed by atoms with E-state index >= 15 is 0 Å². The number of methoxy groups -OCH3 is 1. The highest BCUT2D eigenvalue weighted by atomic mass is 32.1. The van der Waals surface area contributed by atoms with E-state index in [2.05, 4.69) is 17.8 Å². The number of aromatic nitrogens is 1. The predicted octanol–water partition coefficient (Wildman–Crippen LogP) is 1.94. The molecule has 18 heavy (non-hydrogen) atoms. The number of nitrogens with zero attached hydrogens (tertiary/aromatic N) is 1. The van der Waals surface area contributed by atoms with E-state index < -0.39 is 6.03 Å². The van der Waals surface area contributed by atoms with E-state index in [9.17, 15) is 4.79 Å². The summed E-state index contributed by atoms with van der Waals surface area (Å²) in [6.45, 7) is 0.470. The number of hydrogen-bond donors (Lipinski definition) is 3. The first-order valence-corrected chi connectivity index (χ1v) is 5.91. The maximum atomic E-state index is 10.9. The number of H-pyrrole nitrogens is 1. The van der Waals surface area contributed by atoms with Gasteiger partial charge in [0, 0.05) is 29.7 Å². The fourth-order valence-electron chi connectivity index (χ4n) is 1.84. The molecule has 1 aromatic carbocycles. The number of fused-ring (bicyclic) bond motifs is 1. The molecule has 0 atom stereocenters. The fourth-order valence-corrected chi connectivity index (χ4v) is 1.94. The van der Waals surface area contributed by atoms with Gasteiger partial charge in [-0.1, -0.05) is 12.8 Å². The summed E-state index contributed by atoms with van der Waals surface area (Å²) in [5, 5.41) is 1.11. The minimum atomic E-state index is -0.542. The summed E-state index contributed by atoms with van der Waals surface area (Å²) in [5.41, 5.74) is 7.24. The van der Waals surface area contributed by atoms with Gasteiger partial charge in [-0.15, -0.1) is 0 Å². The normalized spacial score (nSPS) is 10.6. The van der Waals surface area contributed by atoms with Crippen molar-refractivity contribution in [3.63, 3.8) is 0 Å². The zero-order valence-electron chi connectivity index (χ0n) is 10.0.